The van der Waals surface area contributed by atoms with Crippen LogP contribution in [-0.2, 0) is 6.18 Å². The average molecular weight is 245 g/mol. The normalized spacial score (nSPS) is 21.0. The molecule has 0 saturated carbocycles. The van der Waals surface area contributed by atoms with Crippen molar-refractivity contribution >= 4 is 5.82 Å². The standard InChI is InChI=1S/C11H14F3N3/c1-7-4-8(11(12,13)14)5-10(16-7)17-3-2-9(15)6-17/h4-5,9H,2-3,6,15H2,1H3. The summed E-state index contributed by atoms with van der Waals surface area (Å²) in [6.07, 6.45) is -3.54. The van der Waals surface area contributed by atoms with Crippen LogP contribution in [0.15, 0.2) is 12.1 Å². The minimum absolute atomic E-state index is 0.0200. The number of pyridine rings is 1. The maximum Gasteiger partial charge on any atom is 0.416 e. The van der Waals surface area contributed by atoms with Crippen molar-refractivity contribution in [2.75, 3.05) is 18.0 Å². The molecule has 1 aliphatic heterocycles. The minimum atomic E-state index is -4.33. The van der Waals surface area contributed by atoms with Crippen LogP contribution in [-0.4, -0.2) is 24.1 Å². The van der Waals surface area contributed by atoms with Crippen LogP contribution in [0.2, 0.25) is 0 Å². The third-order valence-electron chi connectivity index (χ3n) is 2.82. The Morgan fingerprint density at radius 2 is 2.12 bits per heavy atom. The summed E-state index contributed by atoms with van der Waals surface area (Å²) in [4.78, 5) is 5.93. The lowest BCUT2D eigenvalue weighted by atomic mass is 10.2. The fraction of sp³-hybridized carbons (Fsp3) is 0.545. The highest BCUT2D eigenvalue weighted by Gasteiger charge is 2.32. The van der Waals surface area contributed by atoms with Gasteiger partial charge in [0.1, 0.15) is 5.82 Å². The van der Waals surface area contributed by atoms with Gasteiger partial charge >= 0.3 is 6.18 Å². The lowest BCUT2D eigenvalue weighted by Gasteiger charge is -2.19. The van der Waals surface area contributed by atoms with Crippen molar-refractivity contribution in [3.05, 3.63) is 23.4 Å². The van der Waals surface area contributed by atoms with Crippen molar-refractivity contribution in [2.24, 2.45) is 5.73 Å². The maximum atomic E-state index is 12.6. The summed E-state index contributed by atoms with van der Waals surface area (Å²) in [7, 11) is 0. The molecule has 94 valence electrons. The number of anilines is 1. The molecule has 1 saturated heterocycles. The zero-order valence-electron chi connectivity index (χ0n) is 9.46. The van der Waals surface area contributed by atoms with E-state index in [1.54, 1.807) is 11.8 Å². The Morgan fingerprint density at radius 3 is 2.65 bits per heavy atom. The SMILES string of the molecule is Cc1cc(C(F)(F)F)cc(N2CCC(N)C2)n1. The van der Waals surface area contributed by atoms with Gasteiger partial charge < -0.3 is 10.6 Å². The monoisotopic (exact) mass is 245 g/mol. The highest BCUT2D eigenvalue weighted by Crippen LogP contribution is 2.32. The molecular formula is C11H14F3N3. The van der Waals surface area contributed by atoms with E-state index in [9.17, 15) is 13.2 Å². The van der Waals surface area contributed by atoms with Gasteiger partial charge in [0.25, 0.3) is 0 Å². The first kappa shape index (κ1) is 12.2. The van der Waals surface area contributed by atoms with Crippen LogP contribution in [0.4, 0.5) is 19.0 Å². The summed E-state index contributed by atoms with van der Waals surface area (Å²) in [5, 5.41) is 0. The molecule has 0 spiro atoms. The summed E-state index contributed by atoms with van der Waals surface area (Å²) in [6.45, 7) is 2.79. The van der Waals surface area contributed by atoms with Crippen molar-refractivity contribution in [3.8, 4) is 0 Å². The van der Waals surface area contributed by atoms with E-state index in [0.717, 1.165) is 18.6 Å². The Labute approximate surface area is 97.4 Å². The van der Waals surface area contributed by atoms with E-state index in [4.69, 9.17) is 5.73 Å². The van der Waals surface area contributed by atoms with E-state index in [0.29, 0.717) is 24.6 Å². The second-order valence-corrected chi connectivity index (χ2v) is 4.35. The predicted octanol–water partition coefficient (Wildman–Crippen LogP) is 1.95. The summed E-state index contributed by atoms with van der Waals surface area (Å²) >= 11 is 0. The van der Waals surface area contributed by atoms with Gasteiger partial charge in [-0.3, -0.25) is 0 Å². The summed E-state index contributed by atoms with van der Waals surface area (Å²) < 4.78 is 37.9. The molecule has 1 fully saturated rings. The molecular weight excluding hydrogens is 231 g/mol. The van der Waals surface area contributed by atoms with E-state index < -0.39 is 11.7 Å². The summed E-state index contributed by atoms with van der Waals surface area (Å²) in [5.41, 5.74) is 5.45. The molecule has 1 aromatic rings. The Balaban J connectivity index is 2.32. The Morgan fingerprint density at radius 1 is 1.41 bits per heavy atom. The van der Waals surface area contributed by atoms with Crippen LogP contribution in [0, 0.1) is 6.92 Å². The zero-order chi connectivity index (χ0) is 12.6. The number of halogens is 3. The molecule has 0 amide bonds. The van der Waals surface area contributed by atoms with Crippen molar-refractivity contribution in [3.63, 3.8) is 0 Å². The Kier molecular flexibility index (Phi) is 2.99. The molecule has 2 heterocycles. The van der Waals surface area contributed by atoms with Crippen molar-refractivity contribution in [1.29, 1.82) is 0 Å². The van der Waals surface area contributed by atoms with Gasteiger partial charge in [-0.25, -0.2) is 4.98 Å². The third kappa shape index (κ3) is 2.69. The first-order valence-electron chi connectivity index (χ1n) is 5.42. The predicted molar refractivity (Wildman–Crippen MR) is 58.8 cm³/mol. The number of aryl methyl sites for hydroxylation is 1. The lowest BCUT2D eigenvalue weighted by Crippen LogP contribution is -2.27. The molecule has 1 atom stereocenters. The van der Waals surface area contributed by atoms with Gasteiger partial charge in [-0.1, -0.05) is 0 Å². The first-order chi connectivity index (χ1) is 7.86. The van der Waals surface area contributed by atoms with E-state index in [-0.39, 0.29) is 6.04 Å². The van der Waals surface area contributed by atoms with E-state index in [2.05, 4.69) is 4.98 Å². The second kappa shape index (κ2) is 4.18. The van der Waals surface area contributed by atoms with Gasteiger partial charge in [-0.05, 0) is 25.5 Å². The average Bonchev–Trinajstić information content (AvgIpc) is 2.62. The molecule has 1 aliphatic rings. The number of hydrogen-bond acceptors (Lipinski definition) is 3. The molecule has 0 aromatic carbocycles. The van der Waals surface area contributed by atoms with E-state index in [1.807, 2.05) is 0 Å². The quantitative estimate of drug-likeness (QED) is 0.822. The fourth-order valence-corrected chi connectivity index (χ4v) is 1.97. The van der Waals surface area contributed by atoms with Crippen LogP contribution in [0.1, 0.15) is 17.7 Å². The number of alkyl halides is 3. The van der Waals surface area contributed by atoms with Crippen LogP contribution in [0.25, 0.3) is 0 Å². The maximum absolute atomic E-state index is 12.6. The van der Waals surface area contributed by atoms with Gasteiger partial charge in [0, 0.05) is 24.8 Å². The summed E-state index contributed by atoms with van der Waals surface area (Å²) in [5.74, 6) is 0.366. The lowest BCUT2D eigenvalue weighted by molar-refractivity contribution is -0.137. The van der Waals surface area contributed by atoms with Crippen molar-refractivity contribution in [2.45, 2.75) is 25.6 Å². The molecule has 3 nitrogen and oxygen atoms in total. The number of rotatable bonds is 1. The van der Waals surface area contributed by atoms with Crippen LogP contribution < -0.4 is 10.6 Å². The molecule has 0 radical (unpaired) electrons. The Bertz CT molecular complexity index is 417. The van der Waals surface area contributed by atoms with E-state index in [1.165, 1.54) is 0 Å². The molecule has 0 aliphatic carbocycles. The largest absolute Gasteiger partial charge is 0.416 e. The Hall–Kier alpha value is -1.30. The fourth-order valence-electron chi connectivity index (χ4n) is 1.97. The van der Waals surface area contributed by atoms with Crippen LogP contribution >= 0.6 is 0 Å². The first-order valence-corrected chi connectivity index (χ1v) is 5.42. The molecule has 1 unspecified atom stereocenters. The topological polar surface area (TPSA) is 42.1 Å². The highest BCUT2D eigenvalue weighted by molar-refractivity contribution is 5.44. The second-order valence-electron chi connectivity index (χ2n) is 4.35. The van der Waals surface area contributed by atoms with Gasteiger partial charge in [-0.2, -0.15) is 13.2 Å². The number of hydrogen-bond donors (Lipinski definition) is 1. The number of aromatic nitrogens is 1. The van der Waals surface area contributed by atoms with Crippen molar-refractivity contribution < 1.29 is 13.2 Å². The van der Waals surface area contributed by atoms with Gasteiger partial charge in [0.05, 0.1) is 5.56 Å². The molecule has 1 aromatic heterocycles. The highest BCUT2D eigenvalue weighted by atomic mass is 19.4. The van der Waals surface area contributed by atoms with Crippen molar-refractivity contribution in [1.82, 2.24) is 4.98 Å². The number of nitrogens with two attached hydrogens (primary N) is 1. The minimum Gasteiger partial charge on any atom is -0.355 e. The van der Waals surface area contributed by atoms with Gasteiger partial charge in [0.15, 0.2) is 0 Å². The molecule has 2 N–H and O–H groups in total. The zero-order valence-corrected chi connectivity index (χ0v) is 9.46. The van der Waals surface area contributed by atoms with Gasteiger partial charge in [-0.15, -0.1) is 0 Å². The third-order valence-corrected chi connectivity index (χ3v) is 2.82. The smallest absolute Gasteiger partial charge is 0.355 e. The number of nitrogens with zero attached hydrogens (tertiary/aromatic N) is 2. The molecule has 17 heavy (non-hydrogen) atoms. The van der Waals surface area contributed by atoms with Crippen LogP contribution in [0.5, 0.6) is 0 Å². The molecule has 6 heteroatoms. The van der Waals surface area contributed by atoms with Crippen LogP contribution in [0.3, 0.4) is 0 Å². The van der Waals surface area contributed by atoms with E-state index >= 15 is 0 Å². The van der Waals surface area contributed by atoms with Gasteiger partial charge in [0.2, 0.25) is 0 Å². The molecule has 0 bridgehead atoms. The summed E-state index contributed by atoms with van der Waals surface area (Å²) in [6, 6.07) is 2.16. The molecule has 2 rings (SSSR count).